The van der Waals surface area contributed by atoms with Crippen molar-refractivity contribution in [3.63, 3.8) is 0 Å². The fraction of sp³-hybridized carbons (Fsp3) is 0.147. The first kappa shape index (κ1) is 78.8. The van der Waals surface area contributed by atoms with Gasteiger partial charge in [0.1, 0.15) is 62.5 Å². The molecule has 0 spiro atoms. The number of methoxy groups -OCH3 is 8. The van der Waals surface area contributed by atoms with Gasteiger partial charge in [0.15, 0.2) is 0 Å². The van der Waals surface area contributed by atoms with Crippen LogP contribution in [0.25, 0.3) is 0 Å². The highest BCUT2D eigenvalue weighted by Crippen LogP contribution is 2.56. The number of rotatable bonds is 18. The molecule has 14 aromatic carbocycles. The van der Waals surface area contributed by atoms with Gasteiger partial charge in [-0.2, -0.15) is 0 Å². The molecule has 0 saturated heterocycles. The Bertz CT molecular complexity index is 5720. The van der Waals surface area contributed by atoms with Crippen molar-refractivity contribution in [2.45, 2.75) is 35.0 Å². The smallest absolute Gasteiger partial charge is 0.287 e. The molecular formula is C102H89N4O12+. The summed E-state index contributed by atoms with van der Waals surface area (Å²) in [5.74, 6) is 6.09. The standard InChI is InChI=1S/2C28H23NO3.C23H21NO3.C23H22NO3/c1-31-23-16-12-20(13-17-23)28(21-14-18-24(32-2)19-15-21)25-10-6-7-11-26(25)29(27(28)30)22-8-4-3-5-9-22;1-31-23-16-12-20(13-17-23)28(21-14-18-24(32-2)19-15-21)26-11-7-6-10-25(26)27(30)29(28)22-8-4-3-5-9-22;1-24-22(25)20-6-4-5-7-21(20)23(24,16-8-12-18(26-2)13-9-16)17-10-14-19(27-3)15-11-17;1-16-21-6-4-5-7-22(21)23(24(16)25,17-8-12-19(26-2)13-9-17)18-10-14-20(27-3)15-11-18/h2*3-19H,1-2H3;4-15H,1-3H3;4-16H,1-3H3/q;;;+1. The maximum atomic E-state index is 14.5. The first-order valence-electron chi connectivity index (χ1n) is 38.7. The maximum absolute atomic E-state index is 14.5. The molecule has 1 atom stereocenters. The van der Waals surface area contributed by atoms with Crippen LogP contribution in [0.15, 0.2) is 352 Å². The second kappa shape index (κ2) is 33.5. The number of carbonyl (C=O) groups is 3. The molecule has 16 heteroatoms. The summed E-state index contributed by atoms with van der Waals surface area (Å²) in [6, 6.07) is 114. The highest BCUT2D eigenvalue weighted by atomic mass is 16.5. The lowest BCUT2D eigenvalue weighted by Crippen LogP contribution is -2.46. The Morgan fingerprint density at radius 2 is 0.576 bits per heavy atom. The van der Waals surface area contributed by atoms with Crippen LogP contribution in [0.1, 0.15) is 106 Å². The van der Waals surface area contributed by atoms with Crippen LogP contribution in [0.5, 0.6) is 46.0 Å². The Kier molecular flexibility index (Phi) is 22.4. The van der Waals surface area contributed by atoms with Gasteiger partial charge in [0, 0.05) is 74.0 Å². The van der Waals surface area contributed by atoms with Crippen LogP contribution in [-0.4, -0.2) is 91.3 Å². The van der Waals surface area contributed by atoms with Crippen LogP contribution in [0.4, 0.5) is 17.1 Å². The van der Waals surface area contributed by atoms with Crippen molar-refractivity contribution in [2.75, 3.05) is 73.7 Å². The number of anilines is 3. The minimum atomic E-state index is -0.995. The van der Waals surface area contributed by atoms with E-state index < -0.39 is 22.0 Å². The van der Waals surface area contributed by atoms with Crippen LogP contribution in [0.2, 0.25) is 0 Å². The molecule has 118 heavy (non-hydrogen) atoms. The lowest BCUT2D eigenvalue weighted by Gasteiger charge is -2.40. The van der Waals surface area contributed by atoms with E-state index in [1.807, 2.05) is 374 Å². The molecule has 588 valence electrons. The molecule has 16 nitrogen and oxygen atoms in total. The zero-order chi connectivity index (χ0) is 82.3. The topological polar surface area (TPSA) is 155 Å². The van der Waals surface area contributed by atoms with Crippen LogP contribution < -0.4 is 47.7 Å². The number of nitrogens with zero attached hydrogens (tertiary/aromatic N) is 4. The van der Waals surface area contributed by atoms with E-state index in [0.29, 0.717) is 5.56 Å². The molecule has 0 fully saturated rings. The van der Waals surface area contributed by atoms with Gasteiger partial charge < -0.3 is 42.8 Å². The summed E-state index contributed by atoms with van der Waals surface area (Å²) in [5, 5.41) is 0. The van der Waals surface area contributed by atoms with Crippen LogP contribution in [0.3, 0.4) is 0 Å². The third-order valence-corrected chi connectivity index (χ3v) is 23.1. The molecule has 0 bridgehead atoms. The summed E-state index contributed by atoms with van der Waals surface area (Å²) in [6.45, 7) is 1.96. The van der Waals surface area contributed by atoms with E-state index in [0.717, 1.165) is 141 Å². The van der Waals surface area contributed by atoms with Crippen molar-refractivity contribution in [2.24, 2.45) is 0 Å². The minimum Gasteiger partial charge on any atom is -0.497 e. The monoisotopic (exact) mass is 1560 g/mol. The molecule has 0 aliphatic carbocycles. The average Bonchev–Trinajstić information content (AvgIpc) is 1.55. The number of fused-ring (bicyclic) bond motifs is 4. The van der Waals surface area contributed by atoms with Gasteiger partial charge in [-0.3, -0.25) is 24.2 Å². The summed E-state index contributed by atoms with van der Waals surface area (Å²) in [6.07, 6.45) is 0. The van der Waals surface area contributed by atoms with Crippen LogP contribution in [-0.2, 0) is 26.8 Å². The van der Waals surface area contributed by atoms with Gasteiger partial charge in [-0.05, 0) is 208 Å². The van der Waals surface area contributed by atoms with Gasteiger partial charge in [0.2, 0.25) is 6.04 Å². The molecule has 0 N–H and O–H groups in total. The predicted molar refractivity (Wildman–Crippen MR) is 460 cm³/mol. The predicted octanol–water partition coefficient (Wildman–Crippen LogP) is 20.3. The fourth-order valence-corrected chi connectivity index (χ4v) is 17.4. The lowest BCUT2D eigenvalue weighted by molar-refractivity contribution is -0.638. The molecule has 0 aromatic heterocycles. The first-order valence-corrected chi connectivity index (χ1v) is 38.7. The average molecular weight is 1560 g/mol. The van der Waals surface area contributed by atoms with E-state index >= 15 is 0 Å². The Hall–Kier alpha value is -14.5. The number of nitroso groups, excluding NO2 is 1. The van der Waals surface area contributed by atoms with Crippen molar-refractivity contribution >= 4 is 34.8 Å². The quantitative estimate of drug-likeness (QED) is 0.0751. The second-order valence-corrected chi connectivity index (χ2v) is 28.7. The van der Waals surface area contributed by atoms with Crippen molar-refractivity contribution in [3.05, 3.63) is 440 Å². The van der Waals surface area contributed by atoms with E-state index in [2.05, 4.69) is 6.07 Å². The van der Waals surface area contributed by atoms with E-state index in [-0.39, 0.29) is 23.8 Å². The number of benzene rings is 14. The van der Waals surface area contributed by atoms with Gasteiger partial charge in [0.25, 0.3) is 23.3 Å². The zero-order valence-electron chi connectivity index (χ0n) is 67.3. The molecule has 0 saturated carbocycles. The maximum Gasteiger partial charge on any atom is 0.287 e. The molecule has 14 aromatic rings. The SMILES string of the molecule is COc1ccc(C2(c3ccc(OC)cc3)C(=O)N(c3ccccc3)c3ccccc32)cc1.COc1ccc(C2(c3ccc(OC)cc3)c3ccccc3C(=O)N2C)cc1.COc1ccc(C2(c3ccc(OC)cc3)c3ccccc3C(=O)N2c2ccccc2)cc1.COc1ccc(C2(c3ccc(OC)cc3)c3ccccc3C(C)[N+]2=O)cc1. The summed E-state index contributed by atoms with van der Waals surface area (Å²) < 4.78 is 44.0. The molecule has 4 aliphatic heterocycles. The van der Waals surface area contributed by atoms with Crippen molar-refractivity contribution < 1.29 is 57.0 Å². The van der Waals surface area contributed by atoms with E-state index in [1.54, 1.807) is 56.9 Å². The number of amides is 3. The molecule has 4 heterocycles. The summed E-state index contributed by atoms with van der Waals surface area (Å²) in [5.41, 5.74) is 13.1. The summed E-state index contributed by atoms with van der Waals surface area (Å²) in [4.78, 5) is 60.6. The van der Waals surface area contributed by atoms with E-state index in [4.69, 9.17) is 37.9 Å². The minimum absolute atomic E-state index is 0.0113. The van der Waals surface area contributed by atoms with E-state index in [1.165, 1.54) is 4.76 Å². The van der Waals surface area contributed by atoms with Crippen molar-refractivity contribution in [3.8, 4) is 46.0 Å². The Labute approximate surface area is 687 Å². The largest absolute Gasteiger partial charge is 0.497 e. The third-order valence-electron chi connectivity index (χ3n) is 23.1. The van der Waals surface area contributed by atoms with Gasteiger partial charge >= 0.3 is 0 Å². The normalized spacial score (nSPS) is 15.1. The van der Waals surface area contributed by atoms with Crippen LogP contribution >= 0.6 is 0 Å². The first-order chi connectivity index (χ1) is 57.6. The van der Waals surface area contributed by atoms with E-state index in [9.17, 15) is 19.3 Å². The number of para-hydroxylation sites is 3. The molecule has 1 unspecified atom stereocenters. The highest BCUT2D eigenvalue weighted by Gasteiger charge is 2.61. The Balaban J connectivity index is 0.000000123. The van der Waals surface area contributed by atoms with Gasteiger partial charge in [-0.1, -0.05) is 188 Å². The lowest BCUT2D eigenvalue weighted by atomic mass is 9.70. The van der Waals surface area contributed by atoms with Gasteiger partial charge in [-0.25, -0.2) is 0 Å². The van der Waals surface area contributed by atoms with Gasteiger partial charge in [-0.15, -0.1) is 0 Å². The number of hydrogen-bond donors (Lipinski definition) is 0. The summed E-state index contributed by atoms with van der Waals surface area (Å²) in [7, 11) is 15.0. The van der Waals surface area contributed by atoms with Crippen LogP contribution in [0, 0.1) is 4.91 Å². The fourth-order valence-electron chi connectivity index (χ4n) is 17.4. The molecule has 3 amide bonds. The zero-order valence-corrected chi connectivity index (χ0v) is 67.3. The second-order valence-electron chi connectivity index (χ2n) is 28.7. The van der Waals surface area contributed by atoms with Crippen molar-refractivity contribution in [1.29, 1.82) is 0 Å². The highest BCUT2D eigenvalue weighted by molar-refractivity contribution is 6.17. The Morgan fingerprint density at radius 3 is 0.958 bits per heavy atom. The Morgan fingerprint density at radius 1 is 0.288 bits per heavy atom. The third kappa shape index (κ3) is 13.3. The molecule has 0 radical (unpaired) electrons. The number of carbonyl (C=O) groups excluding carboxylic acids is 3. The molecule has 4 aliphatic rings. The number of ether oxygens (including phenoxy) is 8. The summed E-state index contributed by atoms with van der Waals surface area (Å²) >= 11 is 0. The van der Waals surface area contributed by atoms with Gasteiger partial charge in [0.05, 0.1) is 62.6 Å². The molecule has 18 rings (SSSR count). The number of hydrogen-bond acceptors (Lipinski definition) is 12. The van der Waals surface area contributed by atoms with Crippen molar-refractivity contribution in [1.82, 2.24) is 4.90 Å². The molecular weight excluding hydrogens is 1470 g/mol.